The zero-order chi connectivity index (χ0) is 15.0. The summed E-state index contributed by atoms with van der Waals surface area (Å²) < 4.78 is 6.87. The Labute approximate surface area is 138 Å². The Hall–Kier alpha value is -1.66. The van der Waals surface area contributed by atoms with Gasteiger partial charge in [0.2, 0.25) is 0 Å². The van der Waals surface area contributed by atoms with Crippen LogP contribution in [0.4, 0.5) is 5.69 Å². The molecule has 106 valence electrons. The van der Waals surface area contributed by atoms with Gasteiger partial charge in [0.15, 0.2) is 4.67 Å². The number of carbonyl (C=O) groups is 1. The minimum atomic E-state index is -0.164. The van der Waals surface area contributed by atoms with Crippen molar-refractivity contribution in [2.24, 2.45) is 5.10 Å². The Morgan fingerprint density at radius 3 is 2.57 bits per heavy atom. The third-order valence-corrected chi connectivity index (χ3v) is 4.72. The van der Waals surface area contributed by atoms with Crippen molar-refractivity contribution < 1.29 is 9.21 Å². The maximum atomic E-state index is 12.5. The molecule has 0 N–H and O–H groups in total. The summed E-state index contributed by atoms with van der Waals surface area (Å²) in [5.41, 5.74) is 1.92. The first-order valence-corrected chi connectivity index (χ1v) is 7.76. The van der Waals surface area contributed by atoms with E-state index >= 15 is 0 Å². The Balaban J connectivity index is 1.96. The zero-order valence-corrected chi connectivity index (χ0v) is 14.2. The van der Waals surface area contributed by atoms with Gasteiger partial charge in [-0.1, -0.05) is 18.2 Å². The van der Waals surface area contributed by atoms with E-state index in [0.29, 0.717) is 21.7 Å². The van der Waals surface area contributed by atoms with E-state index in [1.165, 1.54) is 5.01 Å². The maximum absolute atomic E-state index is 12.5. The van der Waals surface area contributed by atoms with Gasteiger partial charge in [0.1, 0.15) is 5.76 Å². The van der Waals surface area contributed by atoms with Gasteiger partial charge in [-0.25, -0.2) is 0 Å². The largest absolute Gasteiger partial charge is 0.449 e. The minimum Gasteiger partial charge on any atom is -0.449 e. The lowest BCUT2D eigenvalue weighted by Gasteiger charge is -2.10. The fraction of sp³-hybridized carbons (Fsp3) is 0.0667. The second-order valence-electron chi connectivity index (χ2n) is 4.47. The molecule has 1 aromatic heterocycles. The molecule has 0 radical (unpaired) electrons. The van der Waals surface area contributed by atoms with Crippen LogP contribution in [0, 0.1) is 0 Å². The molecule has 2 aromatic rings. The number of carbonyl (C=O) groups excluding carboxylic acids is 1. The molecule has 1 aliphatic rings. The van der Waals surface area contributed by atoms with Crippen LogP contribution in [0.5, 0.6) is 0 Å². The van der Waals surface area contributed by atoms with Gasteiger partial charge in [0.25, 0.3) is 5.91 Å². The normalized spacial score (nSPS) is 16.7. The van der Waals surface area contributed by atoms with Gasteiger partial charge in [0, 0.05) is 0 Å². The van der Waals surface area contributed by atoms with Gasteiger partial charge in [-0.05, 0) is 63.1 Å². The van der Waals surface area contributed by atoms with Gasteiger partial charge < -0.3 is 4.42 Å². The third kappa shape index (κ3) is 2.73. The summed E-state index contributed by atoms with van der Waals surface area (Å²) in [4.78, 5) is 12.5. The minimum absolute atomic E-state index is 0.164. The van der Waals surface area contributed by atoms with E-state index in [9.17, 15) is 4.79 Å². The molecule has 0 saturated carbocycles. The van der Waals surface area contributed by atoms with Crippen molar-refractivity contribution >= 4 is 55.2 Å². The third-order valence-electron chi connectivity index (χ3n) is 3.01. The number of furan rings is 1. The van der Waals surface area contributed by atoms with Crippen LogP contribution in [0.25, 0.3) is 6.08 Å². The molecule has 1 aliphatic heterocycles. The highest BCUT2D eigenvalue weighted by molar-refractivity contribution is 9.13. The predicted octanol–water partition coefficient (Wildman–Crippen LogP) is 4.61. The van der Waals surface area contributed by atoms with Crippen molar-refractivity contribution in [2.45, 2.75) is 6.92 Å². The van der Waals surface area contributed by atoms with Crippen molar-refractivity contribution in [3.05, 3.63) is 56.9 Å². The summed E-state index contributed by atoms with van der Waals surface area (Å²) in [5.74, 6) is 0.420. The average molecular weight is 410 g/mol. The Morgan fingerprint density at radius 1 is 1.24 bits per heavy atom. The second kappa shape index (κ2) is 5.61. The van der Waals surface area contributed by atoms with Crippen molar-refractivity contribution in [3.63, 3.8) is 0 Å². The highest BCUT2D eigenvalue weighted by Gasteiger charge is 2.28. The van der Waals surface area contributed by atoms with Gasteiger partial charge in [-0.3, -0.25) is 4.79 Å². The van der Waals surface area contributed by atoms with E-state index < -0.39 is 0 Å². The molecule has 4 nitrogen and oxygen atoms in total. The second-order valence-corrected chi connectivity index (χ2v) is 6.04. The monoisotopic (exact) mass is 408 g/mol. The van der Waals surface area contributed by atoms with Crippen molar-refractivity contribution in [2.75, 3.05) is 5.01 Å². The first-order chi connectivity index (χ1) is 10.1. The van der Waals surface area contributed by atoms with Crippen LogP contribution in [0.2, 0.25) is 0 Å². The summed E-state index contributed by atoms with van der Waals surface area (Å²) in [6, 6.07) is 11.1. The highest BCUT2D eigenvalue weighted by Crippen LogP contribution is 2.30. The van der Waals surface area contributed by atoms with Crippen LogP contribution >= 0.6 is 31.9 Å². The van der Waals surface area contributed by atoms with Crippen molar-refractivity contribution in [1.29, 1.82) is 0 Å². The Kier molecular flexibility index (Phi) is 3.82. The molecule has 0 bridgehead atoms. The Bertz CT molecular complexity index is 744. The van der Waals surface area contributed by atoms with Gasteiger partial charge in [0.05, 0.1) is 21.4 Å². The van der Waals surface area contributed by atoms with Crippen LogP contribution < -0.4 is 5.01 Å². The standard InChI is InChI=1S/C15H10Br2N2O2/c1-9-12(7-11-8-13(16)14(17)21-11)15(20)19(18-9)10-5-3-2-4-6-10/h2-8H,1H3/b12-7+. The number of anilines is 1. The van der Waals surface area contributed by atoms with Crippen LogP contribution in [-0.4, -0.2) is 11.6 Å². The molecule has 0 saturated heterocycles. The number of para-hydroxylation sites is 1. The highest BCUT2D eigenvalue weighted by atomic mass is 79.9. The summed E-state index contributed by atoms with van der Waals surface area (Å²) >= 11 is 6.62. The van der Waals surface area contributed by atoms with E-state index in [0.717, 1.165) is 10.2 Å². The quantitative estimate of drug-likeness (QED) is 0.679. The number of hydrogen-bond acceptors (Lipinski definition) is 3. The summed E-state index contributed by atoms with van der Waals surface area (Å²) in [6.07, 6.45) is 1.69. The number of benzene rings is 1. The molecular formula is C15H10Br2N2O2. The van der Waals surface area contributed by atoms with E-state index in [-0.39, 0.29) is 5.91 Å². The molecular weight excluding hydrogens is 400 g/mol. The summed E-state index contributed by atoms with van der Waals surface area (Å²) in [6.45, 7) is 1.81. The van der Waals surface area contributed by atoms with Gasteiger partial charge in [-0.15, -0.1) is 0 Å². The lowest BCUT2D eigenvalue weighted by Crippen LogP contribution is -2.21. The Morgan fingerprint density at radius 2 is 1.95 bits per heavy atom. The zero-order valence-electron chi connectivity index (χ0n) is 11.0. The molecule has 0 atom stereocenters. The number of hydrogen-bond donors (Lipinski definition) is 0. The number of amides is 1. The molecule has 21 heavy (non-hydrogen) atoms. The van der Waals surface area contributed by atoms with Gasteiger partial charge >= 0.3 is 0 Å². The number of halogens is 2. The number of rotatable bonds is 2. The number of nitrogens with zero attached hydrogens (tertiary/aromatic N) is 2. The van der Waals surface area contributed by atoms with E-state index in [1.807, 2.05) is 30.3 Å². The first kappa shape index (κ1) is 14.3. The van der Waals surface area contributed by atoms with Crippen molar-refractivity contribution in [1.82, 2.24) is 0 Å². The molecule has 3 rings (SSSR count). The lowest BCUT2D eigenvalue weighted by atomic mass is 10.1. The number of hydrazone groups is 1. The van der Waals surface area contributed by atoms with Crippen LogP contribution in [0.3, 0.4) is 0 Å². The topological polar surface area (TPSA) is 45.8 Å². The first-order valence-electron chi connectivity index (χ1n) is 6.18. The molecule has 1 amide bonds. The smallest absolute Gasteiger partial charge is 0.280 e. The molecule has 0 fully saturated rings. The average Bonchev–Trinajstić information content (AvgIpc) is 2.94. The molecule has 2 heterocycles. The van der Waals surface area contributed by atoms with Crippen LogP contribution in [0.1, 0.15) is 12.7 Å². The van der Waals surface area contributed by atoms with Crippen LogP contribution in [-0.2, 0) is 4.79 Å². The molecule has 6 heteroatoms. The summed E-state index contributed by atoms with van der Waals surface area (Å²) in [7, 11) is 0. The predicted molar refractivity (Wildman–Crippen MR) is 89.1 cm³/mol. The van der Waals surface area contributed by atoms with Crippen LogP contribution in [0.15, 0.2) is 60.6 Å². The van der Waals surface area contributed by atoms with E-state index in [2.05, 4.69) is 37.0 Å². The van der Waals surface area contributed by atoms with E-state index in [4.69, 9.17) is 4.42 Å². The molecule has 0 aliphatic carbocycles. The maximum Gasteiger partial charge on any atom is 0.280 e. The fourth-order valence-corrected chi connectivity index (χ4v) is 2.61. The van der Waals surface area contributed by atoms with E-state index in [1.54, 1.807) is 19.1 Å². The lowest BCUT2D eigenvalue weighted by molar-refractivity contribution is -0.114. The van der Waals surface area contributed by atoms with Crippen molar-refractivity contribution in [3.8, 4) is 0 Å². The summed E-state index contributed by atoms with van der Waals surface area (Å²) in [5, 5.41) is 5.71. The molecule has 1 aromatic carbocycles. The SMILES string of the molecule is CC1=NN(c2ccccc2)C(=O)/C1=C/c1cc(Br)c(Br)o1. The molecule has 0 unspecified atom stereocenters. The fourth-order valence-electron chi connectivity index (χ4n) is 2.01. The van der Waals surface area contributed by atoms with Gasteiger partial charge in [-0.2, -0.15) is 10.1 Å². The molecule has 0 spiro atoms.